The number of aryl methyl sites for hydroxylation is 1. The second-order valence-corrected chi connectivity index (χ2v) is 10.9. The third-order valence-corrected chi connectivity index (χ3v) is 7.12. The fourth-order valence-corrected chi connectivity index (χ4v) is 4.53. The molecule has 0 radical (unpaired) electrons. The van der Waals surface area contributed by atoms with Crippen LogP contribution >= 0.6 is 0 Å². The number of carbonyl (C=O) groups excluding carboxylic acids is 3. The molecule has 1 N–H and O–H groups in total. The number of esters is 2. The Balaban J connectivity index is 1.61. The van der Waals surface area contributed by atoms with E-state index in [1.165, 1.54) is 5.56 Å². The Morgan fingerprint density at radius 3 is 2.02 bits per heavy atom. The Bertz CT molecular complexity index is 1370. The van der Waals surface area contributed by atoms with Gasteiger partial charge in [-0.1, -0.05) is 94.8 Å². The minimum Gasteiger partial charge on any atom is -0.494 e. The Kier molecular flexibility index (Phi) is 16.5. The Morgan fingerprint density at radius 2 is 1.33 bits per heavy atom. The highest BCUT2D eigenvalue weighted by Gasteiger charge is 2.19. The summed E-state index contributed by atoms with van der Waals surface area (Å²) in [5.74, 6) is -1.31. The Labute approximate surface area is 273 Å². The number of unbranched alkanes of at least 4 members (excludes halogenated alkanes) is 6. The van der Waals surface area contributed by atoms with E-state index in [4.69, 9.17) is 18.9 Å². The van der Waals surface area contributed by atoms with E-state index in [1.54, 1.807) is 48.5 Å². The molecule has 0 atom stereocenters. The lowest BCUT2D eigenvalue weighted by atomic mass is 10.1. The van der Waals surface area contributed by atoms with Gasteiger partial charge in [0.2, 0.25) is 5.76 Å². The molecule has 0 unspecified atom stereocenters. The smallest absolute Gasteiger partial charge is 0.374 e. The van der Waals surface area contributed by atoms with Gasteiger partial charge in [0.25, 0.3) is 5.91 Å². The van der Waals surface area contributed by atoms with Gasteiger partial charge in [-0.15, -0.1) is 0 Å². The molecule has 0 aromatic heterocycles. The normalized spacial score (nSPS) is 11.0. The first-order valence-electron chi connectivity index (χ1n) is 16.4. The molecule has 0 heterocycles. The predicted molar refractivity (Wildman–Crippen MR) is 180 cm³/mol. The SMILES string of the molecule is CCCCCCOC(=O)/C=C(\Oc1ccccc1NC(=O)c1ccc(OCCCc2ccccc2)cc1)C(=O)OCCCCCC. The average molecular weight is 630 g/mol. The fraction of sp³-hybridized carbons (Fsp3) is 0.395. The van der Waals surface area contributed by atoms with E-state index in [-0.39, 0.29) is 30.6 Å². The number of anilines is 1. The predicted octanol–water partition coefficient (Wildman–Crippen LogP) is 8.46. The first-order valence-corrected chi connectivity index (χ1v) is 16.4. The van der Waals surface area contributed by atoms with Crippen LogP contribution in [0.5, 0.6) is 11.5 Å². The molecular formula is C38H47NO7. The maximum atomic E-state index is 13.1. The van der Waals surface area contributed by atoms with Crippen molar-refractivity contribution in [2.24, 2.45) is 0 Å². The largest absolute Gasteiger partial charge is 0.494 e. The topological polar surface area (TPSA) is 100 Å². The molecule has 8 heteroatoms. The lowest BCUT2D eigenvalue weighted by Gasteiger charge is -2.14. The third kappa shape index (κ3) is 13.6. The number of benzene rings is 3. The molecule has 0 aliphatic heterocycles. The highest BCUT2D eigenvalue weighted by molar-refractivity contribution is 6.05. The van der Waals surface area contributed by atoms with Crippen molar-refractivity contribution in [3.63, 3.8) is 0 Å². The van der Waals surface area contributed by atoms with E-state index in [1.807, 2.05) is 18.2 Å². The van der Waals surface area contributed by atoms with E-state index < -0.39 is 11.9 Å². The quantitative estimate of drug-likeness (QED) is 0.0546. The molecule has 0 aliphatic rings. The van der Waals surface area contributed by atoms with Gasteiger partial charge < -0.3 is 24.3 Å². The lowest BCUT2D eigenvalue weighted by Crippen LogP contribution is -2.18. The summed E-state index contributed by atoms with van der Waals surface area (Å²) < 4.78 is 22.4. The number of nitrogens with one attached hydrogen (secondary N) is 1. The van der Waals surface area contributed by atoms with Gasteiger partial charge in [0, 0.05) is 5.56 Å². The van der Waals surface area contributed by atoms with Gasteiger partial charge in [-0.25, -0.2) is 9.59 Å². The molecule has 3 aromatic rings. The highest BCUT2D eigenvalue weighted by Crippen LogP contribution is 2.27. The standard InChI is InChI=1S/C38H47NO7/c1-3-5-7-14-26-44-36(40)29-35(38(42)45-27-15-8-6-4-2)46-34-21-13-12-20-33(34)39-37(41)31-22-24-32(25-23-31)43-28-16-19-30-17-10-9-11-18-30/h9-13,17-18,20-25,29H,3-8,14-16,19,26-28H2,1-2H3,(H,39,41)/b35-29-. The van der Waals surface area contributed by atoms with Gasteiger partial charge in [-0.3, -0.25) is 4.79 Å². The van der Waals surface area contributed by atoms with Gasteiger partial charge in [-0.2, -0.15) is 0 Å². The first-order chi connectivity index (χ1) is 22.5. The molecule has 0 aliphatic carbocycles. The number of ether oxygens (including phenoxy) is 4. The summed E-state index contributed by atoms with van der Waals surface area (Å²) in [5.41, 5.74) is 2.01. The summed E-state index contributed by atoms with van der Waals surface area (Å²) in [5, 5.41) is 2.83. The molecule has 8 nitrogen and oxygen atoms in total. The van der Waals surface area contributed by atoms with Crippen LogP contribution in [0.15, 0.2) is 90.7 Å². The van der Waals surface area contributed by atoms with Crippen molar-refractivity contribution < 1.29 is 33.3 Å². The second kappa shape index (κ2) is 21.2. The lowest BCUT2D eigenvalue weighted by molar-refractivity contribution is -0.143. The third-order valence-electron chi connectivity index (χ3n) is 7.12. The molecule has 1 amide bonds. The second-order valence-electron chi connectivity index (χ2n) is 10.9. The van der Waals surface area contributed by atoms with Crippen molar-refractivity contribution in [3.05, 3.63) is 102 Å². The molecule has 0 bridgehead atoms. The number of hydrogen-bond donors (Lipinski definition) is 1. The van der Waals surface area contributed by atoms with Crippen LogP contribution in [0, 0.1) is 0 Å². The molecule has 0 fully saturated rings. The van der Waals surface area contributed by atoms with Gasteiger partial charge in [0.05, 0.1) is 31.6 Å². The molecule has 246 valence electrons. The van der Waals surface area contributed by atoms with E-state index in [0.29, 0.717) is 30.0 Å². The van der Waals surface area contributed by atoms with E-state index in [9.17, 15) is 14.4 Å². The summed E-state index contributed by atoms with van der Waals surface area (Å²) in [7, 11) is 0. The van der Waals surface area contributed by atoms with Crippen LogP contribution in [0.25, 0.3) is 0 Å². The molecule has 3 aromatic carbocycles. The van der Waals surface area contributed by atoms with Gasteiger partial charge in [0.15, 0.2) is 5.75 Å². The van der Waals surface area contributed by atoms with Gasteiger partial charge in [0.1, 0.15) is 5.75 Å². The molecule has 3 rings (SSSR count). The zero-order chi connectivity index (χ0) is 32.8. The molecule has 0 saturated carbocycles. The van der Waals surface area contributed by atoms with Crippen LogP contribution in [0.1, 0.15) is 87.6 Å². The summed E-state index contributed by atoms with van der Waals surface area (Å²) in [6, 6.07) is 23.8. The summed E-state index contributed by atoms with van der Waals surface area (Å²) in [6.07, 6.45) is 10.4. The Hall–Kier alpha value is -4.59. The first kappa shape index (κ1) is 35.9. The Morgan fingerprint density at radius 1 is 0.674 bits per heavy atom. The summed E-state index contributed by atoms with van der Waals surface area (Å²) in [6.45, 7) is 5.22. The molecule has 0 spiro atoms. The summed E-state index contributed by atoms with van der Waals surface area (Å²) >= 11 is 0. The van der Waals surface area contributed by atoms with Crippen LogP contribution in [-0.2, 0) is 25.5 Å². The zero-order valence-electron chi connectivity index (χ0n) is 27.1. The maximum absolute atomic E-state index is 13.1. The van der Waals surface area contributed by atoms with Crippen LogP contribution in [-0.4, -0.2) is 37.7 Å². The average Bonchev–Trinajstić information content (AvgIpc) is 3.07. The highest BCUT2D eigenvalue weighted by atomic mass is 16.6. The van der Waals surface area contributed by atoms with Crippen molar-refractivity contribution in [1.29, 1.82) is 0 Å². The molecular weight excluding hydrogens is 582 g/mol. The zero-order valence-corrected chi connectivity index (χ0v) is 27.1. The number of rotatable bonds is 21. The summed E-state index contributed by atoms with van der Waals surface area (Å²) in [4.78, 5) is 38.6. The minimum atomic E-state index is -0.778. The van der Waals surface area contributed by atoms with Crippen LogP contribution in [0.3, 0.4) is 0 Å². The van der Waals surface area contributed by atoms with Crippen LogP contribution < -0.4 is 14.8 Å². The molecule has 0 saturated heterocycles. The van der Waals surface area contributed by atoms with Crippen LogP contribution in [0.2, 0.25) is 0 Å². The van der Waals surface area contributed by atoms with Crippen molar-refractivity contribution in [2.75, 3.05) is 25.1 Å². The maximum Gasteiger partial charge on any atom is 0.374 e. The number of para-hydroxylation sites is 2. The van der Waals surface area contributed by atoms with Gasteiger partial charge >= 0.3 is 11.9 Å². The molecule has 46 heavy (non-hydrogen) atoms. The van der Waals surface area contributed by atoms with E-state index >= 15 is 0 Å². The monoisotopic (exact) mass is 629 g/mol. The minimum absolute atomic E-state index is 0.180. The van der Waals surface area contributed by atoms with Crippen molar-refractivity contribution in [1.82, 2.24) is 0 Å². The van der Waals surface area contributed by atoms with Gasteiger partial charge in [-0.05, 0) is 67.6 Å². The number of amides is 1. The number of carbonyl (C=O) groups is 3. The van der Waals surface area contributed by atoms with E-state index in [2.05, 4.69) is 31.3 Å². The number of hydrogen-bond acceptors (Lipinski definition) is 7. The van der Waals surface area contributed by atoms with E-state index in [0.717, 1.165) is 63.9 Å². The van der Waals surface area contributed by atoms with Crippen LogP contribution in [0.4, 0.5) is 5.69 Å². The van der Waals surface area contributed by atoms with Crippen molar-refractivity contribution in [2.45, 2.75) is 78.1 Å². The fourth-order valence-electron chi connectivity index (χ4n) is 4.53. The van der Waals surface area contributed by atoms with Crippen molar-refractivity contribution in [3.8, 4) is 11.5 Å². The van der Waals surface area contributed by atoms with Crippen molar-refractivity contribution >= 4 is 23.5 Å².